The number of nitrogens with zero attached hydrogens (tertiary/aromatic N) is 1. The van der Waals surface area contributed by atoms with E-state index in [-0.39, 0.29) is 27.4 Å². The number of amides is 1. The lowest BCUT2D eigenvalue weighted by molar-refractivity contribution is 0.0877. The molecule has 3 rings (SSSR count). The standard InChI is InChI=1S/C20H26FN3O3S2/c1-12-9-15(11-20(3,4)10-12)23-18(25)17-13(2)22-19(28-17)24-29(26,27)16-7-5-14(21)6-8-16/h5-8,12,15H,9-11H2,1-4H3,(H,22,24)(H,23,25). The van der Waals surface area contributed by atoms with Gasteiger partial charge in [0.05, 0.1) is 10.6 Å². The number of hydrogen-bond donors (Lipinski definition) is 2. The molecular weight excluding hydrogens is 413 g/mol. The quantitative estimate of drug-likeness (QED) is 0.726. The highest BCUT2D eigenvalue weighted by molar-refractivity contribution is 7.93. The fourth-order valence-corrected chi connectivity index (χ4v) is 6.25. The van der Waals surface area contributed by atoms with E-state index in [9.17, 15) is 17.6 Å². The van der Waals surface area contributed by atoms with Gasteiger partial charge in [-0.25, -0.2) is 17.8 Å². The van der Waals surface area contributed by atoms with Gasteiger partial charge in [-0.05, 0) is 61.8 Å². The summed E-state index contributed by atoms with van der Waals surface area (Å²) in [6, 6.07) is 4.60. The van der Waals surface area contributed by atoms with Gasteiger partial charge in [-0.2, -0.15) is 0 Å². The number of hydrogen-bond acceptors (Lipinski definition) is 5. The molecule has 2 atom stereocenters. The second kappa shape index (κ2) is 8.02. The summed E-state index contributed by atoms with van der Waals surface area (Å²) in [5.41, 5.74) is 0.640. The Morgan fingerprint density at radius 3 is 2.52 bits per heavy atom. The number of sulfonamides is 1. The SMILES string of the molecule is Cc1nc(NS(=O)(=O)c2ccc(F)cc2)sc1C(=O)NC1CC(C)CC(C)(C)C1. The van der Waals surface area contributed by atoms with E-state index in [1.165, 1.54) is 12.1 Å². The zero-order valence-corrected chi connectivity index (χ0v) is 18.6. The van der Waals surface area contributed by atoms with Crippen LogP contribution in [0.1, 0.15) is 55.4 Å². The largest absolute Gasteiger partial charge is 0.349 e. The maximum Gasteiger partial charge on any atom is 0.263 e. The highest BCUT2D eigenvalue weighted by Gasteiger charge is 2.33. The minimum Gasteiger partial charge on any atom is -0.349 e. The van der Waals surface area contributed by atoms with Gasteiger partial charge in [0.2, 0.25) is 0 Å². The number of aromatic nitrogens is 1. The van der Waals surface area contributed by atoms with Crippen molar-refractivity contribution in [2.45, 2.75) is 57.9 Å². The van der Waals surface area contributed by atoms with Crippen LogP contribution < -0.4 is 10.0 Å². The Morgan fingerprint density at radius 2 is 1.90 bits per heavy atom. The van der Waals surface area contributed by atoms with E-state index < -0.39 is 15.8 Å². The average molecular weight is 440 g/mol. The molecule has 158 valence electrons. The molecule has 2 aromatic rings. The second-order valence-corrected chi connectivity index (χ2v) is 11.3. The Kier molecular flexibility index (Phi) is 6.01. The molecule has 6 nitrogen and oxygen atoms in total. The maximum atomic E-state index is 13.0. The van der Waals surface area contributed by atoms with Crippen LogP contribution in [0.3, 0.4) is 0 Å². The van der Waals surface area contributed by atoms with Gasteiger partial charge < -0.3 is 5.32 Å². The number of nitrogens with one attached hydrogen (secondary N) is 2. The van der Waals surface area contributed by atoms with Crippen LogP contribution in [0.4, 0.5) is 9.52 Å². The third kappa shape index (κ3) is 5.33. The predicted octanol–water partition coefficient (Wildman–Crippen LogP) is 4.34. The molecule has 1 amide bonds. The van der Waals surface area contributed by atoms with E-state index in [0.717, 1.165) is 42.7 Å². The molecule has 9 heteroatoms. The third-order valence-electron chi connectivity index (χ3n) is 5.07. The molecule has 0 saturated heterocycles. The summed E-state index contributed by atoms with van der Waals surface area (Å²) in [5.74, 6) is -0.222. The van der Waals surface area contributed by atoms with Crippen molar-refractivity contribution >= 4 is 32.4 Å². The number of rotatable bonds is 5. The lowest BCUT2D eigenvalue weighted by atomic mass is 9.70. The monoisotopic (exact) mass is 439 g/mol. The molecule has 0 radical (unpaired) electrons. The van der Waals surface area contributed by atoms with Crippen molar-refractivity contribution in [3.05, 3.63) is 40.7 Å². The summed E-state index contributed by atoms with van der Waals surface area (Å²) in [7, 11) is -3.91. The average Bonchev–Trinajstić information content (AvgIpc) is 2.93. The van der Waals surface area contributed by atoms with Crippen LogP contribution in [0.15, 0.2) is 29.2 Å². The summed E-state index contributed by atoms with van der Waals surface area (Å²) in [5, 5.41) is 3.19. The zero-order valence-electron chi connectivity index (χ0n) is 17.0. The predicted molar refractivity (Wildman–Crippen MR) is 112 cm³/mol. The molecule has 1 aliphatic rings. The van der Waals surface area contributed by atoms with E-state index in [2.05, 4.69) is 35.8 Å². The number of thiazole rings is 1. The van der Waals surface area contributed by atoms with Crippen LogP contribution in [-0.2, 0) is 10.0 Å². The fraction of sp³-hybridized carbons (Fsp3) is 0.500. The van der Waals surface area contributed by atoms with Crippen LogP contribution in [0.25, 0.3) is 0 Å². The summed E-state index contributed by atoms with van der Waals surface area (Å²) in [4.78, 5) is 17.3. The Morgan fingerprint density at radius 1 is 1.24 bits per heavy atom. The number of anilines is 1. The summed E-state index contributed by atoms with van der Waals surface area (Å²) in [6.07, 6.45) is 2.97. The van der Waals surface area contributed by atoms with Gasteiger partial charge in [-0.15, -0.1) is 0 Å². The molecule has 1 heterocycles. The molecule has 0 aliphatic heterocycles. The Bertz CT molecular complexity index is 1000. The highest BCUT2D eigenvalue weighted by atomic mass is 32.2. The molecule has 0 bridgehead atoms. The first-order valence-corrected chi connectivity index (χ1v) is 11.8. The molecule has 1 aromatic carbocycles. The fourth-order valence-electron chi connectivity index (χ4n) is 4.15. The maximum absolute atomic E-state index is 13.0. The summed E-state index contributed by atoms with van der Waals surface area (Å²) >= 11 is 0.994. The first-order chi connectivity index (χ1) is 13.4. The minimum absolute atomic E-state index is 0.0730. The van der Waals surface area contributed by atoms with E-state index >= 15 is 0 Å². The Labute approximate surface area is 175 Å². The van der Waals surface area contributed by atoms with E-state index in [4.69, 9.17) is 0 Å². The van der Waals surface area contributed by atoms with Crippen molar-refractivity contribution < 1.29 is 17.6 Å². The number of aryl methyl sites for hydroxylation is 1. The molecule has 1 aliphatic carbocycles. The zero-order chi connectivity index (χ0) is 21.4. The lowest BCUT2D eigenvalue weighted by Gasteiger charge is -2.39. The number of carbonyl (C=O) groups excluding carboxylic acids is 1. The smallest absolute Gasteiger partial charge is 0.263 e. The minimum atomic E-state index is -3.91. The Balaban J connectivity index is 1.72. The van der Waals surface area contributed by atoms with Gasteiger partial charge in [0.15, 0.2) is 5.13 Å². The van der Waals surface area contributed by atoms with Gasteiger partial charge >= 0.3 is 0 Å². The van der Waals surface area contributed by atoms with Crippen molar-refractivity contribution in [2.75, 3.05) is 4.72 Å². The number of carbonyl (C=O) groups is 1. The van der Waals surface area contributed by atoms with Gasteiger partial charge in [-0.1, -0.05) is 32.1 Å². The summed E-state index contributed by atoms with van der Waals surface area (Å²) < 4.78 is 40.3. The van der Waals surface area contributed by atoms with Gasteiger partial charge in [0.25, 0.3) is 15.9 Å². The van der Waals surface area contributed by atoms with Gasteiger partial charge in [0.1, 0.15) is 10.7 Å². The lowest BCUT2D eigenvalue weighted by Crippen LogP contribution is -2.42. The van der Waals surface area contributed by atoms with Crippen LogP contribution in [-0.4, -0.2) is 25.4 Å². The molecule has 1 aromatic heterocycles. The van der Waals surface area contributed by atoms with Gasteiger partial charge in [0, 0.05) is 6.04 Å². The topological polar surface area (TPSA) is 88.2 Å². The highest BCUT2D eigenvalue weighted by Crippen LogP contribution is 2.38. The molecular formula is C20H26FN3O3S2. The van der Waals surface area contributed by atoms with Crippen LogP contribution >= 0.6 is 11.3 Å². The van der Waals surface area contributed by atoms with Crippen molar-refractivity contribution in [1.82, 2.24) is 10.3 Å². The van der Waals surface area contributed by atoms with E-state index in [0.29, 0.717) is 16.5 Å². The molecule has 2 N–H and O–H groups in total. The second-order valence-electron chi connectivity index (χ2n) is 8.58. The summed E-state index contributed by atoms with van der Waals surface area (Å²) in [6.45, 7) is 8.29. The van der Waals surface area contributed by atoms with Crippen LogP contribution in [0.2, 0.25) is 0 Å². The van der Waals surface area contributed by atoms with Crippen LogP contribution in [0, 0.1) is 24.1 Å². The Hall–Kier alpha value is -2.00. The number of benzene rings is 1. The normalized spacial score (nSPS) is 21.6. The first kappa shape index (κ1) is 21.7. The van der Waals surface area contributed by atoms with Crippen molar-refractivity contribution in [1.29, 1.82) is 0 Å². The van der Waals surface area contributed by atoms with Crippen molar-refractivity contribution in [3.8, 4) is 0 Å². The van der Waals surface area contributed by atoms with E-state index in [1.807, 2.05) is 0 Å². The van der Waals surface area contributed by atoms with Gasteiger partial charge in [-0.3, -0.25) is 9.52 Å². The molecule has 2 unspecified atom stereocenters. The molecule has 1 saturated carbocycles. The first-order valence-electron chi connectivity index (χ1n) is 9.52. The van der Waals surface area contributed by atoms with Crippen molar-refractivity contribution in [2.24, 2.45) is 11.3 Å². The molecule has 0 spiro atoms. The number of halogens is 1. The third-order valence-corrected chi connectivity index (χ3v) is 7.63. The van der Waals surface area contributed by atoms with Crippen LogP contribution in [0.5, 0.6) is 0 Å². The van der Waals surface area contributed by atoms with E-state index in [1.54, 1.807) is 6.92 Å². The van der Waals surface area contributed by atoms with Crippen molar-refractivity contribution in [3.63, 3.8) is 0 Å². The molecule has 29 heavy (non-hydrogen) atoms. The molecule has 1 fully saturated rings.